The van der Waals surface area contributed by atoms with Crippen LogP contribution in [0.3, 0.4) is 0 Å². The third-order valence-electron chi connectivity index (χ3n) is 7.40. The number of esters is 1. The second kappa shape index (κ2) is 14.6. The normalized spacial score (nSPS) is 12.4. The Labute approximate surface area is 279 Å². The zero-order chi connectivity index (χ0) is 35.2. The minimum atomic E-state index is -1.45. The van der Waals surface area contributed by atoms with E-state index in [0.717, 1.165) is 12.1 Å². The maximum atomic E-state index is 12.9. The Balaban J connectivity index is 1.50. The number of hydrogen-bond donors (Lipinski definition) is 5. The molecule has 1 aromatic heterocycles. The van der Waals surface area contributed by atoms with E-state index in [0.29, 0.717) is 11.1 Å². The van der Waals surface area contributed by atoms with Crippen molar-refractivity contribution in [1.82, 2.24) is 0 Å². The molecule has 13 heteroatoms. The summed E-state index contributed by atoms with van der Waals surface area (Å²) >= 11 is 0. The van der Waals surface area contributed by atoms with Crippen molar-refractivity contribution in [2.75, 3.05) is 27.9 Å². The first kappa shape index (κ1) is 34.0. The van der Waals surface area contributed by atoms with Crippen LogP contribution in [0.2, 0.25) is 0 Å². The molecule has 0 fully saturated rings. The Morgan fingerprint density at radius 3 is 2.12 bits per heavy atom. The van der Waals surface area contributed by atoms with Crippen LogP contribution in [0.5, 0.6) is 46.0 Å². The quantitative estimate of drug-likeness (QED) is 0.0874. The molecule has 2 atom stereocenters. The van der Waals surface area contributed by atoms with E-state index in [1.807, 2.05) is 0 Å². The molecule has 0 aliphatic rings. The number of phenolic OH excluding ortho intramolecular Hbond substituents is 4. The van der Waals surface area contributed by atoms with E-state index in [9.17, 15) is 35.1 Å². The lowest BCUT2D eigenvalue weighted by Gasteiger charge is -2.26. The number of ether oxygens (including phenoxy) is 5. The first-order chi connectivity index (χ1) is 23.5. The third-order valence-corrected chi connectivity index (χ3v) is 7.40. The standard InChI is InChI=1S/C36H32O13/c1-44-28-12-20(7-10-24(28)39)35(43)32(18-47-33(42)11-6-19-4-8-22(37)9-5-19)49-36-30(45-2)13-21(14-31(36)46-3)27-17-26(41)34-25(40)15-23(38)16-29(34)48-27/h4-17,32,35,37-40,43H,18H2,1-3H3/b11-6+/t32-,35-/m1/s1. The van der Waals surface area contributed by atoms with E-state index in [4.69, 9.17) is 28.1 Å². The van der Waals surface area contributed by atoms with Crippen LogP contribution in [0, 0.1) is 0 Å². The minimum absolute atomic E-state index is 0.00217. The molecule has 49 heavy (non-hydrogen) atoms. The highest BCUT2D eigenvalue weighted by atomic mass is 16.6. The van der Waals surface area contributed by atoms with E-state index < -0.39 is 36.0 Å². The first-order valence-electron chi connectivity index (χ1n) is 14.6. The number of phenols is 4. The molecule has 5 aromatic rings. The molecule has 0 aliphatic heterocycles. The van der Waals surface area contributed by atoms with Gasteiger partial charge in [-0.3, -0.25) is 4.79 Å². The lowest BCUT2D eigenvalue weighted by molar-refractivity contribution is -0.142. The Bertz CT molecular complexity index is 2040. The molecular formula is C36H32O13. The molecule has 1 heterocycles. The van der Waals surface area contributed by atoms with E-state index in [2.05, 4.69) is 0 Å². The number of rotatable bonds is 12. The fourth-order valence-electron chi connectivity index (χ4n) is 4.93. The summed E-state index contributed by atoms with van der Waals surface area (Å²) in [5, 5.41) is 51.0. The number of benzene rings is 4. The number of carbonyl (C=O) groups is 1. The predicted molar refractivity (Wildman–Crippen MR) is 176 cm³/mol. The molecular weight excluding hydrogens is 640 g/mol. The predicted octanol–water partition coefficient (Wildman–Crippen LogP) is 5.05. The third kappa shape index (κ3) is 7.63. The molecule has 0 aliphatic carbocycles. The topological polar surface area (TPSA) is 195 Å². The Hall–Kier alpha value is -6.34. The van der Waals surface area contributed by atoms with Crippen molar-refractivity contribution in [3.63, 3.8) is 0 Å². The van der Waals surface area contributed by atoms with Gasteiger partial charge in [0, 0.05) is 29.8 Å². The summed E-state index contributed by atoms with van der Waals surface area (Å²) in [6.07, 6.45) is -0.0705. The van der Waals surface area contributed by atoms with Gasteiger partial charge in [-0.15, -0.1) is 0 Å². The van der Waals surface area contributed by atoms with Gasteiger partial charge < -0.3 is 53.6 Å². The number of carbonyl (C=O) groups excluding carboxylic acids is 1. The number of methoxy groups -OCH3 is 3. The summed E-state index contributed by atoms with van der Waals surface area (Å²) in [5.41, 5.74) is 0.556. The van der Waals surface area contributed by atoms with Crippen LogP contribution in [0.25, 0.3) is 28.4 Å². The summed E-state index contributed by atoms with van der Waals surface area (Å²) in [5.74, 6) is -1.31. The van der Waals surface area contributed by atoms with E-state index in [-0.39, 0.29) is 62.5 Å². The smallest absolute Gasteiger partial charge is 0.330 e. The number of aromatic hydroxyl groups is 4. The average molecular weight is 673 g/mol. The van der Waals surface area contributed by atoms with Crippen LogP contribution >= 0.6 is 0 Å². The Kier molecular flexibility index (Phi) is 10.1. The molecule has 0 bridgehead atoms. The first-order valence-corrected chi connectivity index (χ1v) is 14.6. The van der Waals surface area contributed by atoms with Gasteiger partial charge in [0.05, 0.1) is 21.3 Å². The molecule has 13 nitrogen and oxygen atoms in total. The zero-order valence-electron chi connectivity index (χ0n) is 26.4. The summed E-state index contributed by atoms with van der Waals surface area (Å²) in [6, 6.07) is 16.6. The SMILES string of the molecule is COc1cc([C@@H](O)[C@@H](COC(=O)/C=C/c2ccc(O)cc2)Oc2c(OC)cc(-c3cc(=O)c4c(O)cc(O)cc4o3)cc2OC)ccc1O. The monoisotopic (exact) mass is 672 g/mol. The Morgan fingerprint density at radius 1 is 0.796 bits per heavy atom. The van der Waals surface area contributed by atoms with Crippen molar-refractivity contribution in [2.45, 2.75) is 12.2 Å². The van der Waals surface area contributed by atoms with Gasteiger partial charge in [-0.1, -0.05) is 18.2 Å². The highest BCUT2D eigenvalue weighted by Gasteiger charge is 2.29. The largest absolute Gasteiger partial charge is 0.508 e. The van der Waals surface area contributed by atoms with Crippen LogP contribution in [0.15, 0.2) is 88.1 Å². The lowest BCUT2D eigenvalue weighted by Crippen LogP contribution is -2.31. The number of aliphatic hydroxyl groups excluding tert-OH is 1. The molecule has 5 N–H and O–H groups in total. The molecule has 0 saturated heterocycles. The van der Waals surface area contributed by atoms with Crippen molar-refractivity contribution in [3.05, 3.63) is 100 Å². The van der Waals surface area contributed by atoms with Gasteiger partial charge in [-0.25, -0.2) is 4.79 Å². The van der Waals surface area contributed by atoms with Crippen molar-refractivity contribution in [2.24, 2.45) is 0 Å². The van der Waals surface area contributed by atoms with Gasteiger partial charge in [-0.2, -0.15) is 0 Å². The van der Waals surface area contributed by atoms with Crippen LogP contribution in [0.4, 0.5) is 0 Å². The maximum Gasteiger partial charge on any atom is 0.330 e. The van der Waals surface area contributed by atoms with Gasteiger partial charge in [0.25, 0.3) is 0 Å². The molecule has 4 aromatic carbocycles. The molecule has 0 spiro atoms. The van der Waals surface area contributed by atoms with E-state index >= 15 is 0 Å². The van der Waals surface area contributed by atoms with Crippen molar-refractivity contribution >= 4 is 23.0 Å². The molecule has 254 valence electrons. The number of aliphatic hydroxyl groups is 1. The highest BCUT2D eigenvalue weighted by Crippen LogP contribution is 2.44. The molecule has 0 saturated carbocycles. The van der Waals surface area contributed by atoms with Crippen LogP contribution in [-0.2, 0) is 9.53 Å². The summed E-state index contributed by atoms with van der Waals surface area (Å²) in [6.45, 7) is -0.469. The van der Waals surface area contributed by atoms with E-state index in [1.165, 1.54) is 82.0 Å². The molecule has 0 radical (unpaired) electrons. The molecule has 0 unspecified atom stereocenters. The second-order valence-electron chi connectivity index (χ2n) is 10.6. The van der Waals surface area contributed by atoms with E-state index in [1.54, 1.807) is 12.1 Å². The summed E-state index contributed by atoms with van der Waals surface area (Å²) in [4.78, 5) is 25.6. The molecule has 5 rings (SSSR count). The maximum absolute atomic E-state index is 12.9. The Morgan fingerprint density at radius 2 is 1.47 bits per heavy atom. The van der Waals surface area contributed by atoms with Crippen LogP contribution in [-0.4, -0.2) is 65.5 Å². The van der Waals surface area contributed by atoms with Crippen LogP contribution in [0.1, 0.15) is 17.2 Å². The van der Waals surface area contributed by atoms with Gasteiger partial charge in [-0.05, 0) is 53.6 Å². The highest BCUT2D eigenvalue weighted by molar-refractivity contribution is 5.87. The lowest BCUT2D eigenvalue weighted by atomic mass is 10.0. The van der Waals surface area contributed by atoms with Crippen molar-refractivity contribution in [3.8, 4) is 57.3 Å². The number of hydrogen-bond acceptors (Lipinski definition) is 13. The van der Waals surface area contributed by atoms with Gasteiger partial charge in [0.2, 0.25) is 5.75 Å². The zero-order valence-corrected chi connectivity index (χ0v) is 26.4. The molecule has 0 amide bonds. The van der Waals surface area contributed by atoms with Gasteiger partial charge in [0.1, 0.15) is 46.7 Å². The fourth-order valence-corrected chi connectivity index (χ4v) is 4.93. The fraction of sp³-hybridized carbons (Fsp3) is 0.167. The summed E-state index contributed by atoms with van der Waals surface area (Å²) in [7, 11) is 4.05. The average Bonchev–Trinajstić information content (AvgIpc) is 3.08. The van der Waals surface area contributed by atoms with Crippen molar-refractivity contribution < 1.29 is 58.4 Å². The van der Waals surface area contributed by atoms with Gasteiger partial charge in [0.15, 0.2) is 34.5 Å². The number of fused-ring (bicyclic) bond motifs is 1. The van der Waals surface area contributed by atoms with Crippen molar-refractivity contribution in [1.29, 1.82) is 0 Å². The second-order valence-corrected chi connectivity index (χ2v) is 10.6. The minimum Gasteiger partial charge on any atom is -0.508 e. The summed E-state index contributed by atoms with van der Waals surface area (Å²) < 4.78 is 33.9. The van der Waals surface area contributed by atoms with Crippen LogP contribution < -0.4 is 24.4 Å². The van der Waals surface area contributed by atoms with Gasteiger partial charge >= 0.3 is 5.97 Å².